The summed E-state index contributed by atoms with van der Waals surface area (Å²) >= 11 is 6.36. The Morgan fingerprint density at radius 1 is 1.17 bits per heavy atom. The van der Waals surface area contributed by atoms with Gasteiger partial charge < -0.3 is 15.6 Å². The minimum atomic E-state index is -0.101. The molecule has 0 amide bonds. The van der Waals surface area contributed by atoms with Crippen LogP contribution in [-0.4, -0.2) is 36.0 Å². The largest absolute Gasteiger partial charge is 0.368 e. The van der Waals surface area contributed by atoms with Crippen LogP contribution in [0.1, 0.15) is 43.6 Å². The summed E-state index contributed by atoms with van der Waals surface area (Å²) in [4.78, 5) is 36.6. The SMILES string of the molecule is Nc1nc(N2CCC[C@H]2c2nc3cccc(Cl)c3c(=O)n2C2CC2)c2nc[nH]c2n1. The maximum absolute atomic E-state index is 13.4. The summed E-state index contributed by atoms with van der Waals surface area (Å²) in [5.41, 5.74) is 7.78. The molecule has 1 aliphatic carbocycles. The van der Waals surface area contributed by atoms with E-state index in [1.54, 1.807) is 12.4 Å². The zero-order valence-electron chi connectivity index (χ0n) is 16.0. The Morgan fingerprint density at radius 2 is 2.03 bits per heavy atom. The van der Waals surface area contributed by atoms with Crippen LogP contribution in [0.4, 0.5) is 11.8 Å². The number of H-pyrrole nitrogens is 1. The molecule has 4 heterocycles. The van der Waals surface area contributed by atoms with Gasteiger partial charge in [-0.05, 0) is 37.8 Å². The number of benzene rings is 1. The predicted molar refractivity (Wildman–Crippen MR) is 115 cm³/mol. The summed E-state index contributed by atoms with van der Waals surface area (Å²) in [7, 11) is 0. The number of nitrogens with zero attached hydrogens (tertiary/aromatic N) is 6. The van der Waals surface area contributed by atoms with Crippen molar-refractivity contribution in [3.63, 3.8) is 0 Å². The van der Waals surface area contributed by atoms with Gasteiger partial charge in [-0.3, -0.25) is 9.36 Å². The van der Waals surface area contributed by atoms with Crippen molar-refractivity contribution in [1.82, 2.24) is 29.5 Å². The number of rotatable bonds is 3. The molecule has 0 radical (unpaired) electrons. The van der Waals surface area contributed by atoms with Gasteiger partial charge in [0.15, 0.2) is 17.0 Å². The molecule has 6 rings (SSSR count). The number of nitrogen functional groups attached to an aromatic ring is 1. The number of aromatic nitrogens is 6. The Balaban J connectivity index is 1.57. The third kappa shape index (κ3) is 2.58. The molecule has 1 saturated heterocycles. The van der Waals surface area contributed by atoms with Gasteiger partial charge in [0.05, 0.1) is 28.3 Å². The van der Waals surface area contributed by atoms with Gasteiger partial charge in [0, 0.05) is 12.6 Å². The first kappa shape index (κ1) is 17.6. The first-order chi connectivity index (χ1) is 14.6. The van der Waals surface area contributed by atoms with Crippen molar-refractivity contribution < 1.29 is 0 Å². The Bertz CT molecular complexity index is 1360. The number of hydrogen-bond acceptors (Lipinski definition) is 7. The van der Waals surface area contributed by atoms with E-state index in [4.69, 9.17) is 22.3 Å². The number of aromatic amines is 1. The lowest BCUT2D eigenvalue weighted by Gasteiger charge is -2.27. The van der Waals surface area contributed by atoms with Crippen LogP contribution in [0.15, 0.2) is 29.3 Å². The molecule has 1 saturated carbocycles. The highest BCUT2D eigenvalue weighted by molar-refractivity contribution is 6.35. The molecule has 3 N–H and O–H groups in total. The van der Waals surface area contributed by atoms with E-state index in [1.165, 1.54) is 0 Å². The monoisotopic (exact) mass is 422 g/mol. The standard InChI is InChI=1S/C20H19ClN8O/c21-11-3-1-4-12-14(11)19(30)29(10-6-7-10)17(25-12)13-5-2-8-28(13)18-15-16(24-9-23-15)26-20(22)27-18/h1,3-4,9-10,13H,2,5-8H2,(H3,22,23,24,26,27)/t13-/m0/s1. The Hall–Kier alpha value is -3.20. The van der Waals surface area contributed by atoms with Gasteiger partial charge in [0.25, 0.3) is 5.56 Å². The normalized spacial score (nSPS) is 19.2. The number of fused-ring (bicyclic) bond motifs is 2. The summed E-state index contributed by atoms with van der Waals surface area (Å²) in [6, 6.07) is 5.48. The fourth-order valence-corrected chi connectivity index (χ4v) is 4.72. The van der Waals surface area contributed by atoms with Crippen LogP contribution in [-0.2, 0) is 0 Å². The van der Waals surface area contributed by atoms with Crippen LogP contribution >= 0.6 is 11.6 Å². The number of nitrogens with two attached hydrogens (primary N) is 1. The Labute approximate surface area is 175 Å². The van der Waals surface area contributed by atoms with Gasteiger partial charge in [0.1, 0.15) is 5.82 Å². The molecule has 9 nitrogen and oxygen atoms in total. The average molecular weight is 423 g/mol. The molecule has 3 aromatic heterocycles. The van der Waals surface area contributed by atoms with Crippen LogP contribution in [0.2, 0.25) is 5.02 Å². The van der Waals surface area contributed by atoms with Crippen LogP contribution in [0.5, 0.6) is 0 Å². The van der Waals surface area contributed by atoms with Crippen molar-refractivity contribution in [2.75, 3.05) is 17.2 Å². The second-order valence-electron chi connectivity index (χ2n) is 7.87. The van der Waals surface area contributed by atoms with Crippen molar-refractivity contribution >= 4 is 45.4 Å². The molecule has 0 spiro atoms. The van der Waals surface area contributed by atoms with Crippen LogP contribution in [0.25, 0.3) is 22.1 Å². The molecule has 1 atom stereocenters. The second kappa shape index (κ2) is 6.40. The van der Waals surface area contributed by atoms with E-state index < -0.39 is 0 Å². The van der Waals surface area contributed by atoms with Gasteiger partial charge in [-0.15, -0.1) is 0 Å². The first-order valence-corrected chi connectivity index (χ1v) is 10.4. The molecule has 0 unspecified atom stereocenters. The van der Waals surface area contributed by atoms with Crippen LogP contribution in [0.3, 0.4) is 0 Å². The molecule has 30 heavy (non-hydrogen) atoms. The molecule has 4 aromatic rings. The van der Waals surface area contributed by atoms with E-state index in [2.05, 4.69) is 24.8 Å². The predicted octanol–water partition coefficient (Wildman–Crippen LogP) is 2.97. The fraction of sp³-hybridized carbons (Fsp3) is 0.350. The Kier molecular flexibility index (Phi) is 3.76. The highest BCUT2D eigenvalue weighted by atomic mass is 35.5. The molecule has 2 fully saturated rings. The lowest BCUT2D eigenvalue weighted by Crippen LogP contribution is -2.32. The number of nitrogens with one attached hydrogen (secondary N) is 1. The lowest BCUT2D eigenvalue weighted by atomic mass is 10.1. The molecular weight excluding hydrogens is 404 g/mol. The molecule has 1 aromatic carbocycles. The summed E-state index contributed by atoms with van der Waals surface area (Å²) in [6.07, 6.45) is 5.35. The zero-order chi connectivity index (χ0) is 20.4. The first-order valence-electron chi connectivity index (χ1n) is 10.1. The topological polar surface area (TPSA) is 119 Å². The molecule has 152 valence electrons. The van der Waals surface area contributed by atoms with Crippen LogP contribution in [0, 0.1) is 0 Å². The minimum absolute atomic E-state index is 0.0675. The summed E-state index contributed by atoms with van der Waals surface area (Å²) in [5.74, 6) is 1.62. The summed E-state index contributed by atoms with van der Waals surface area (Å²) < 4.78 is 1.85. The van der Waals surface area contributed by atoms with Crippen molar-refractivity contribution in [1.29, 1.82) is 0 Å². The van der Waals surface area contributed by atoms with Gasteiger partial charge in [-0.1, -0.05) is 17.7 Å². The molecule has 0 bridgehead atoms. The number of halogens is 1. The summed E-state index contributed by atoms with van der Waals surface area (Å²) in [6.45, 7) is 0.775. The summed E-state index contributed by atoms with van der Waals surface area (Å²) in [5, 5.41) is 0.927. The minimum Gasteiger partial charge on any atom is -0.368 e. The van der Waals surface area contributed by atoms with Crippen molar-refractivity contribution in [3.05, 3.63) is 45.7 Å². The maximum Gasteiger partial charge on any atom is 0.263 e. The number of anilines is 2. The van der Waals surface area contributed by atoms with Gasteiger partial charge in [-0.2, -0.15) is 9.97 Å². The van der Waals surface area contributed by atoms with Gasteiger partial charge in [0.2, 0.25) is 5.95 Å². The van der Waals surface area contributed by atoms with E-state index in [1.807, 2.05) is 16.7 Å². The highest BCUT2D eigenvalue weighted by Crippen LogP contribution is 2.41. The number of hydrogen-bond donors (Lipinski definition) is 2. The third-order valence-corrected chi connectivity index (χ3v) is 6.23. The van der Waals surface area contributed by atoms with E-state index >= 15 is 0 Å². The third-order valence-electron chi connectivity index (χ3n) is 5.92. The van der Waals surface area contributed by atoms with E-state index in [-0.39, 0.29) is 23.6 Å². The average Bonchev–Trinajstić information content (AvgIpc) is 3.24. The van der Waals surface area contributed by atoms with Gasteiger partial charge in [-0.25, -0.2) is 9.97 Å². The van der Waals surface area contributed by atoms with E-state index in [0.717, 1.165) is 38.1 Å². The van der Waals surface area contributed by atoms with Crippen LogP contribution < -0.4 is 16.2 Å². The quantitative estimate of drug-likeness (QED) is 0.520. The van der Waals surface area contributed by atoms with E-state index in [0.29, 0.717) is 32.9 Å². The second-order valence-corrected chi connectivity index (χ2v) is 8.27. The lowest BCUT2D eigenvalue weighted by molar-refractivity contribution is 0.565. The van der Waals surface area contributed by atoms with Crippen molar-refractivity contribution in [2.45, 2.75) is 37.8 Å². The highest BCUT2D eigenvalue weighted by Gasteiger charge is 2.37. The molecule has 2 aliphatic rings. The molecule has 1 aliphatic heterocycles. The van der Waals surface area contributed by atoms with E-state index in [9.17, 15) is 4.79 Å². The zero-order valence-corrected chi connectivity index (χ0v) is 16.8. The van der Waals surface area contributed by atoms with Gasteiger partial charge >= 0.3 is 0 Å². The Morgan fingerprint density at radius 3 is 2.87 bits per heavy atom. The molecule has 10 heteroatoms. The molecular formula is C20H19ClN8O. The van der Waals surface area contributed by atoms with Crippen molar-refractivity contribution in [2.24, 2.45) is 0 Å². The number of imidazole rings is 1. The maximum atomic E-state index is 13.4. The smallest absolute Gasteiger partial charge is 0.263 e. The van der Waals surface area contributed by atoms with Crippen molar-refractivity contribution in [3.8, 4) is 0 Å². The fourth-order valence-electron chi connectivity index (χ4n) is 4.47.